The Kier molecular flexibility index (Phi) is 11.6. The Morgan fingerprint density at radius 2 is 1.72 bits per heavy atom. The van der Waals surface area contributed by atoms with E-state index in [-0.39, 0.29) is 6.09 Å². The van der Waals surface area contributed by atoms with Gasteiger partial charge in [-0.15, -0.1) is 0 Å². The number of para-hydroxylation sites is 2. The van der Waals surface area contributed by atoms with Gasteiger partial charge >= 0.3 is 6.09 Å². The van der Waals surface area contributed by atoms with Crippen molar-refractivity contribution in [2.45, 2.75) is 71.6 Å². The summed E-state index contributed by atoms with van der Waals surface area (Å²) in [4.78, 5) is 16.9. The normalized spacial score (nSPS) is 14.6. The molecule has 1 fully saturated rings. The van der Waals surface area contributed by atoms with Crippen molar-refractivity contribution in [3.8, 4) is 5.75 Å². The molecule has 0 saturated carbocycles. The third kappa shape index (κ3) is 8.65. The second-order valence-electron chi connectivity index (χ2n) is 7.90. The van der Waals surface area contributed by atoms with Crippen molar-refractivity contribution in [3.63, 3.8) is 0 Å². The molecular formula is C24H40N2O3. The van der Waals surface area contributed by atoms with E-state index < -0.39 is 0 Å². The summed E-state index contributed by atoms with van der Waals surface area (Å²) in [7, 11) is 0. The average Bonchev–Trinajstić information content (AvgIpc) is 2.75. The first-order valence-corrected chi connectivity index (χ1v) is 11.6. The van der Waals surface area contributed by atoms with Crippen LogP contribution in [-0.4, -0.2) is 50.4 Å². The number of piperidine rings is 1. The molecule has 5 heteroatoms. The van der Waals surface area contributed by atoms with Crippen molar-refractivity contribution in [2.75, 3.05) is 44.3 Å². The number of unbranched alkanes of at least 4 members (excludes halogenated alkanes) is 4. The van der Waals surface area contributed by atoms with Crippen molar-refractivity contribution in [2.24, 2.45) is 0 Å². The van der Waals surface area contributed by atoms with E-state index in [1.54, 1.807) is 4.90 Å². The van der Waals surface area contributed by atoms with Gasteiger partial charge in [0.05, 0.1) is 12.3 Å². The molecule has 0 unspecified atom stereocenters. The first kappa shape index (κ1) is 23.5. The van der Waals surface area contributed by atoms with Crippen molar-refractivity contribution >= 4 is 11.8 Å². The molecular weight excluding hydrogens is 364 g/mol. The van der Waals surface area contributed by atoms with Gasteiger partial charge in [0.25, 0.3) is 0 Å². The van der Waals surface area contributed by atoms with Gasteiger partial charge in [-0.25, -0.2) is 4.79 Å². The van der Waals surface area contributed by atoms with E-state index in [1.807, 2.05) is 24.3 Å². The molecule has 0 N–H and O–H groups in total. The van der Waals surface area contributed by atoms with Gasteiger partial charge in [0.15, 0.2) is 0 Å². The van der Waals surface area contributed by atoms with Gasteiger partial charge in [-0.1, -0.05) is 58.1 Å². The minimum Gasteiger partial charge on any atom is -0.491 e. The lowest BCUT2D eigenvalue weighted by molar-refractivity contribution is 0.126. The van der Waals surface area contributed by atoms with Crippen LogP contribution in [0.1, 0.15) is 71.6 Å². The predicted molar refractivity (Wildman–Crippen MR) is 120 cm³/mol. The summed E-state index contributed by atoms with van der Waals surface area (Å²) in [5.74, 6) is 0.768. The van der Waals surface area contributed by atoms with Crippen LogP contribution in [0.3, 0.4) is 0 Å². The molecule has 0 atom stereocenters. The summed E-state index contributed by atoms with van der Waals surface area (Å²) in [5.41, 5.74) is 0.811. The van der Waals surface area contributed by atoms with Crippen LogP contribution in [0.2, 0.25) is 0 Å². The molecule has 1 aliphatic rings. The standard InChI is InChI=1S/C24H40N2O3/c1-3-5-6-7-13-20-28-23-15-10-9-14-22(23)26(16-4-2)24(27)29-21-19-25-17-11-8-12-18-25/h9-10,14-15H,3-8,11-13,16-21H2,1-2H3. The Bertz CT molecular complexity index is 573. The van der Waals surface area contributed by atoms with Gasteiger partial charge in [0.2, 0.25) is 0 Å². The molecule has 1 amide bonds. The molecule has 1 saturated heterocycles. The van der Waals surface area contributed by atoms with Crippen LogP contribution in [0.4, 0.5) is 10.5 Å². The van der Waals surface area contributed by atoms with Crippen LogP contribution < -0.4 is 9.64 Å². The van der Waals surface area contributed by atoms with Gasteiger partial charge in [0, 0.05) is 13.1 Å². The second kappa shape index (κ2) is 14.3. The predicted octanol–water partition coefficient (Wildman–Crippen LogP) is 5.87. The number of nitrogens with zero attached hydrogens (tertiary/aromatic N) is 2. The molecule has 1 aromatic rings. The summed E-state index contributed by atoms with van der Waals surface area (Å²) >= 11 is 0. The maximum atomic E-state index is 12.8. The second-order valence-corrected chi connectivity index (χ2v) is 7.90. The van der Waals surface area contributed by atoms with Gasteiger partial charge in [-0.05, 0) is 50.9 Å². The monoisotopic (exact) mass is 404 g/mol. The van der Waals surface area contributed by atoms with E-state index in [0.717, 1.165) is 43.9 Å². The zero-order valence-corrected chi connectivity index (χ0v) is 18.5. The zero-order chi connectivity index (χ0) is 20.7. The number of carbonyl (C=O) groups is 1. The van der Waals surface area contributed by atoms with Gasteiger partial charge in [-0.2, -0.15) is 0 Å². The van der Waals surface area contributed by atoms with Gasteiger partial charge in [-0.3, -0.25) is 9.80 Å². The number of hydrogen-bond donors (Lipinski definition) is 0. The molecule has 0 bridgehead atoms. The molecule has 1 heterocycles. The molecule has 2 rings (SSSR count). The largest absolute Gasteiger partial charge is 0.491 e. The number of benzene rings is 1. The van der Waals surface area contributed by atoms with E-state index in [9.17, 15) is 4.79 Å². The summed E-state index contributed by atoms with van der Waals surface area (Å²) in [6.07, 6.45) is 10.4. The summed E-state index contributed by atoms with van der Waals surface area (Å²) in [6.45, 7) is 9.10. The van der Waals surface area contributed by atoms with Gasteiger partial charge < -0.3 is 9.47 Å². The number of hydrogen-bond acceptors (Lipinski definition) is 4. The third-order valence-corrected chi connectivity index (χ3v) is 5.41. The molecule has 164 valence electrons. The quantitative estimate of drug-likeness (QED) is 0.385. The first-order chi connectivity index (χ1) is 14.3. The summed E-state index contributed by atoms with van der Waals surface area (Å²) < 4.78 is 11.7. The molecule has 0 radical (unpaired) electrons. The molecule has 5 nitrogen and oxygen atoms in total. The van der Waals surface area contributed by atoms with Gasteiger partial charge in [0.1, 0.15) is 12.4 Å². The Morgan fingerprint density at radius 3 is 2.48 bits per heavy atom. The number of likely N-dealkylation sites (tertiary alicyclic amines) is 1. The minimum absolute atomic E-state index is 0.275. The smallest absolute Gasteiger partial charge is 0.414 e. The van der Waals surface area contributed by atoms with Crippen LogP contribution in [-0.2, 0) is 4.74 Å². The van der Waals surface area contributed by atoms with Crippen LogP contribution in [0.15, 0.2) is 24.3 Å². The maximum absolute atomic E-state index is 12.8. The highest BCUT2D eigenvalue weighted by molar-refractivity contribution is 5.89. The van der Waals surface area contributed by atoms with E-state index >= 15 is 0 Å². The lowest BCUT2D eigenvalue weighted by Crippen LogP contribution is -2.36. The number of carbonyl (C=O) groups excluding carboxylic acids is 1. The highest BCUT2D eigenvalue weighted by atomic mass is 16.6. The van der Waals surface area contributed by atoms with Crippen molar-refractivity contribution in [1.29, 1.82) is 0 Å². The number of rotatable bonds is 13. The number of amides is 1. The van der Waals surface area contributed by atoms with Crippen LogP contribution in [0.5, 0.6) is 5.75 Å². The van der Waals surface area contributed by atoms with E-state index in [0.29, 0.717) is 19.8 Å². The Morgan fingerprint density at radius 1 is 0.966 bits per heavy atom. The molecule has 0 spiro atoms. The average molecular weight is 405 g/mol. The van der Waals surface area contributed by atoms with Crippen LogP contribution in [0, 0.1) is 0 Å². The zero-order valence-electron chi connectivity index (χ0n) is 18.5. The highest BCUT2D eigenvalue weighted by Gasteiger charge is 2.20. The maximum Gasteiger partial charge on any atom is 0.414 e. The fraction of sp³-hybridized carbons (Fsp3) is 0.708. The Balaban J connectivity index is 1.88. The summed E-state index contributed by atoms with van der Waals surface area (Å²) in [6, 6.07) is 7.81. The third-order valence-electron chi connectivity index (χ3n) is 5.41. The van der Waals surface area contributed by atoms with E-state index in [4.69, 9.17) is 9.47 Å². The fourth-order valence-electron chi connectivity index (χ4n) is 3.75. The number of ether oxygens (including phenoxy) is 2. The molecule has 0 aromatic heterocycles. The SMILES string of the molecule is CCCCCCCOc1ccccc1N(CCC)C(=O)OCCN1CCCCC1. The van der Waals surface area contributed by atoms with Crippen LogP contribution >= 0.6 is 0 Å². The van der Waals surface area contributed by atoms with Crippen LogP contribution in [0.25, 0.3) is 0 Å². The topological polar surface area (TPSA) is 42.0 Å². The van der Waals surface area contributed by atoms with Crippen molar-refractivity contribution < 1.29 is 14.3 Å². The minimum atomic E-state index is -0.275. The summed E-state index contributed by atoms with van der Waals surface area (Å²) in [5, 5.41) is 0. The lowest BCUT2D eigenvalue weighted by Gasteiger charge is -2.27. The lowest BCUT2D eigenvalue weighted by atomic mass is 10.1. The van der Waals surface area contributed by atoms with E-state index in [1.165, 1.54) is 44.9 Å². The van der Waals surface area contributed by atoms with E-state index in [2.05, 4.69) is 18.7 Å². The van der Waals surface area contributed by atoms with Crippen molar-refractivity contribution in [3.05, 3.63) is 24.3 Å². The molecule has 0 aliphatic carbocycles. The Hall–Kier alpha value is -1.75. The fourth-order valence-corrected chi connectivity index (χ4v) is 3.75. The molecule has 1 aromatic carbocycles. The number of anilines is 1. The molecule has 29 heavy (non-hydrogen) atoms. The first-order valence-electron chi connectivity index (χ1n) is 11.6. The highest BCUT2D eigenvalue weighted by Crippen LogP contribution is 2.29. The van der Waals surface area contributed by atoms with Crippen molar-refractivity contribution in [1.82, 2.24) is 4.90 Å². The Labute approximate surface area is 177 Å². The molecule has 1 aliphatic heterocycles.